The van der Waals surface area contributed by atoms with E-state index in [2.05, 4.69) is 4.98 Å². The van der Waals surface area contributed by atoms with Crippen molar-refractivity contribution in [2.75, 3.05) is 7.05 Å². The molecule has 0 spiro atoms. The molecule has 19 heavy (non-hydrogen) atoms. The Hall–Kier alpha value is -2.07. The molecule has 104 valence electrons. The molecular weight excluding hydrogens is 278 g/mol. The number of hydrogen-bond donors (Lipinski definition) is 1. The molecule has 1 heterocycles. The van der Waals surface area contributed by atoms with Crippen LogP contribution in [-0.2, 0) is 14.8 Å². The molecule has 1 rings (SSSR count). The van der Waals surface area contributed by atoms with Gasteiger partial charge in [-0.1, -0.05) is 0 Å². The van der Waals surface area contributed by atoms with Gasteiger partial charge in [-0.25, -0.2) is 8.42 Å². The minimum absolute atomic E-state index is 0.311. The van der Waals surface area contributed by atoms with Gasteiger partial charge in [-0.2, -0.15) is 4.31 Å². The van der Waals surface area contributed by atoms with Crippen LogP contribution in [0.4, 0.5) is 5.82 Å². The first-order valence-electron chi connectivity index (χ1n) is 4.99. The molecule has 0 bridgehead atoms. The van der Waals surface area contributed by atoms with Crippen molar-refractivity contribution in [2.24, 2.45) is 0 Å². The molecule has 0 aliphatic heterocycles. The van der Waals surface area contributed by atoms with Gasteiger partial charge in [0, 0.05) is 13.1 Å². The Morgan fingerprint density at radius 3 is 2.47 bits per heavy atom. The quantitative estimate of drug-likeness (QED) is 0.600. The Balaban J connectivity index is 3.13. The number of sulfonamides is 1. The molecule has 0 aliphatic carbocycles. The molecule has 1 unspecified atom stereocenters. The van der Waals surface area contributed by atoms with Crippen LogP contribution >= 0.6 is 0 Å². The van der Waals surface area contributed by atoms with E-state index in [1.54, 1.807) is 0 Å². The van der Waals surface area contributed by atoms with Gasteiger partial charge in [-0.3, -0.25) is 4.79 Å². The van der Waals surface area contributed by atoms with Gasteiger partial charge in [0.15, 0.2) is 6.20 Å². The number of aromatic nitrogens is 1. The maximum absolute atomic E-state index is 12.0. The summed E-state index contributed by atoms with van der Waals surface area (Å²) in [6.45, 7) is 1.21. The first-order chi connectivity index (χ1) is 8.67. The Morgan fingerprint density at radius 2 is 2.11 bits per heavy atom. The Labute approximate surface area is 108 Å². The highest BCUT2D eigenvalue weighted by atomic mass is 32.2. The molecule has 0 amide bonds. The van der Waals surface area contributed by atoms with E-state index in [1.165, 1.54) is 6.92 Å². The molecule has 9 nitrogen and oxygen atoms in total. The summed E-state index contributed by atoms with van der Waals surface area (Å²) in [5.74, 6) is -1.80. The van der Waals surface area contributed by atoms with E-state index in [-0.39, 0.29) is 4.90 Å². The predicted octanol–water partition coefficient (Wildman–Crippen LogP) is 0.0834. The Kier molecular flexibility index (Phi) is 4.17. The number of nitro groups is 1. The number of carboxylic acids is 1. The highest BCUT2D eigenvalue weighted by Gasteiger charge is 2.30. The summed E-state index contributed by atoms with van der Waals surface area (Å²) in [6, 6.07) is 0.678. The monoisotopic (exact) mass is 289 g/mol. The van der Waals surface area contributed by atoms with E-state index in [0.29, 0.717) is 4.31 Å². The minimum atomic E-state index is -4.06. The molecule has 1 N–H and O–H groups in total. The molecular formula is C9H11N3O6S. The Bertz CT molecular complexity index is 597. The second-order valence-electron chi connectivity index (χ2n) is 3.64. The SMILES string of the molecule is CC(C(=O)O)N(C)S(=O)(=O)c1ccc([N+](=O)[O-])nc1. The van der Waals surface area contributed by atoms with Crippen molar-refractivity contribution in [1.29, 1.82) is 0 Å². The van der Waals surface area contributed by atoms with Crippen LogP contribution < -0.4 is 0 Å². The summed E-state index contributed by atoms with van der Waals surface area (Å²) in [4.78, 5) is 23.5. The zero-order valence-electron chi connectivity index (χ0n) is 10.0. The standard InChI is InChI=1S/C9H11N3O6S/c1-6(9(13)14)11(2)19(17,18)7-3-4-8(10-5-7)12(15)16/h3-6H,1-2H3,(H,13,14). The molecule has 1 aromatic rings. The lowest BCUT2D eigenvalue weighted by atomic mass is 10.4. The number of nitrogens with zero attached hydrogens (tertiary/aromatic N) is 3. The van der Waals surface area contributed by atoms with Crippen LogP contribution in [0.5, 0.6) is 0 Å². The van der Waals surface area contributed by atoms with E-state index in [1.807, 2.05) is 0 Å². The normalized spacial score (nSPS) is 13.2. The molecule has 0 aromatic carbocycles. The number of pyridine rings is 1. The highest BCUT2D eigenvalue weighted by molar-refractivity contribution is 7.89. The number of likely N-dealkylation sites (N-methyl/N-ethyl adjacent to an activating group) is 1. The summed E-state index contributed by atoms with van der Waals surface area (Å²) in [6.07, 6.45) is 0.818. The third kappa shape index (κ3) is 3.03. The van der Waals surface area contributed by atoms with Crippen LogP contribution in [0.3, 0.4) is 0 Å². The largest absolute Gasteiger partial charge is 0.480 e. The van der Waals surface area contributed by atoms with Crippen molar-refractivity contribution in [3.8, 4) is 0 Å². The molecule has 10 heteroatoms. The topological polar surface area (TPSA) is 131 Å². The molecule has 0 saturated carbocycles. The molecule has 0 aliphatic rings. The lowest BCUT2D eigenvalue weighted by Gasteiger charge is -2.20. The third-order valence-electron chi connectivity index (χ3n) is 2.49. The van der Waals surface area contributed by atoms with Crippen LogP contribution in [0.15, 0.2) is 23.2 Å². The maximum atomic E-state index is 12.0. The van der Waals surface area contributed by atoms with Crippen molar-refractivity contribution < 1.29 is 23.2 Å². The second kappa shape index (κ2) is 5.28. The summed E-state index contributed by atoms with van der Waals surface area (Å²) >= 11 is 0. The van der Waals surface area contributed by atoms with E-state index < -0.39 is 32.8 Å². The first kappa shape index (κ1) is 15.0. The van der Waals surface area contributed by atoms with E-state index in [4.69, 9.17) is 5.11 Å². The maximum Gasteiger partial charge on any atom is 0.363 e. The fourth-order valence-corrected chi connectivity index (χ4v) is 2.43. The predicted molar refractivity (Wildman–Crippen MR) is 62.9 cm³/mol. The fraction of sp³-hybridized carbons (Fsp3) is 0.333. The van der Waals surface area contributed by atoms with Gasteiger partial charge in [0.05, 0.1) is 0 Å². The van der Waals surface area contributed by atoms with Gasteiger partial charge < -0.3 is 15.2 Å². The van der Waals surface area contributed by atoms with Gasteiger partial charge in [-0.15, -0.1) is 0 Å². The van der Waals surface area contributed by atoms with Crippen molar-refractivity contribution in [2.45, 2.75) is 17.9 Å². The average molecular weight is 289 g/mol. The van der Waals surface area contributed by atoms with Gasteiger partial charge >= 0.3 is 11.8 Å². The smallest absolute Gasteiger partial charge is 0.363 e. The van der Waals surface area contributed by atoms with Gasteiger partial charge in [-0.05, 0) is 22.9 Å². The summed E-state index contributed by atoms with van der Waals surface area (Å²) in [5.41, 5.74) is 0. The molecule has 1 aromatic heterocycles. The summed E-state index contributed by atoms with van der Waals surface area (Å²) < 4.78 is 24.7. The minimum Gasteiger partial charge on any atom is -0.480 e. The van der Waals surface area contributed by atoms with Gasteiger partial charge in [0.1, 0.15) is 10.9 Å². The average Bonchev–Trinajstić information content (AvgIpc) is 2.36. The zero-order valence-corrected chi connectivity index (χ0v) is 10.9. The van der Waals surface area contributed by atoms with Crippen LogP contribution in [-0.4, -0.2) is 46.8 Å². The lowest BCUT2D eigenvalue weighted by Crippen LogP contribution is -2.40. The second-order valence-corrected chi connectivity index (χ2v) is 5.64. The van der Waals surface area contributed by atoms with Crippen molar-refractivity contribution in [1.82, 2.24) is 9.29 Å². The van der Waals surface area contributed by atoms with Gasteiger partial charge in [0.25, 0.3) is 0 Å². The molecule has 0 saturated heterocycles. The van der Waals surface area contributed by atoms with Crippen molar-refractivity contribution in [3.63, 3.8) is 0 Å². The van der Waals surface area contributed by atoms with Crippen molar-refractivity contribution >= 4 is 21.8 Å². The first-order valence-corrected chi connectivity index (χ1v) is 6.43. The molecule has 0 fully saturated rings. The number of rotatable bonds is 5. The number of aliphatic carboxylic acids is 1. The number of carboxylic acid groups (broad SMARTS) is 1. The number of carbonyl (C=O) groups is 1. The van der Waals surface area contributed by atoms with E-state index in [0.717, 1.165) is 25.4 Å². The zero-order chi connectivity index (χ0) is 14.8. The van der Waals surface area contributed by atoms with Crippen LogP contribution in [0.25, 0.3) is 0 Å². The van der Waals surface area contributed by atoms with Crippen LogP contribution in [0, 0.1) is 10.1 Å². The highest BCUT2D eigenvalue weighted by Crippen LogP contribution is 2.17. The van der Waals surface area contributed by atoms with E-state index in [9.17, 15) is 23.3 Å². The summed E-state index contributed by atoms with van der Waals surface area (Å²) in [5, 5.41) is 19.2. The molecule has 0 radical (unpaired) electrons. The van der Waals surface area contributed by atoms with E-state index >= 15 is 0 Å². The fourth-order valence-electron chi connectivity index (χ4n) is 1.16. The van der Waals surface area contributed by atoms with Crippen LogP contribution in [0.2, 0.25) is 0 Å². The molecule has 1 atom stereocenters. The lowest BCUT2D eigenvalue weighted by molar-refractivity contribution is -0.389. The van der Waals surface area contributed by atoms with Crippen molar-refractivity contribution in [3.05, 3.63) is 28.4 Å². The third-order valence-corrected chi connectivity index (χ3v) is 4.40. The van der Waals surface area contributed by atoms with Gasteiger partial charge in [0.2, 0.25) is 10.0 Å². The summed E-state index contributed by atoms with van der Waals surface area (Å²) in [7, 11) is -2.95. The Morgan fingerprint density at radius 1 is 1.53 bits per heavy atom. The number of hydrogen-bond acceptors (Lipinski definition) is 6. The van der Waals surface area contributed by atoms with Crippen LogP contribution in [0.1, 0.15) is 6.92 Å².